The lowest BCUT2D eigenvalue weighted by atomic mass is 10.5. The normalized spacial score (nSPS) is 10.9. The standard InChI is InChI=1S/C8H18O2Si.C5H12O3Si/c1-4-7-9-11(6-3)10-8-5-2;1-5-9(6-2,7-3)8-4/h6,11H,3-5,7-8H2,1-2H3;5H,1H2,2-4H3. The molecule has 0 radical (unpaired) electrons. The predicted octanol–water partition coefficient (Wildman–Crippen LogP) is 2.38. The van der Waals surface area contributed by atoms with Crippen LogP contribution in [0.1, 0.15) is 26.7 Å². The Morgan fingerprint density at radius 3 is 1.45 bits per heavy atom. The van der Waals surface area contributed by atoms with E-state index < -0.39 is 18.1 Å². The van der Waals surface area contributed by atoms with Crippen molar-refractivity contribution in [3.05, 3.63) is 24.6 Å². The van der Waals surface area contributed by atoms with Gasteiger partial charge in [-0.1, -0.05) is 26.1 Å². The topological polar surface area (TPSA) is 46.2 Å². The summed E-state index contributed by atoms with van der Waals surface area (Å²) in [5, 5.41) is 0. The van der Waals surface area contributed by atoms with E-state index >= 15 is 0 Å². The van der Waals surface area contributed by atoms with Gasteiger partial charge in [0.05, 0.1) is 0 Å². The van der Waals surface area contributed by atoms with Gasteiger partial charge in [-0.25, -0.2) is 0 Å². The zero-order valence-corrected chi connectivity index (χ0v) is 15.7. The first-order valence-electron chi connectivity index (χ1n) is 6.74. The molecule has 0 aliphatic heterocycles. The molecule has 5 nitrogen and oxygen atoms in total. The molecule has 0 aromatic carbocycles. The van der Waals surface area contributed by atoms with Gasteiger partial charge in [0, 0.05) is 34.5 Å². The first-order valence-corrected chi connectivity index (χ1v) is 10.2. The fraction of sp³-hybridized carbons (Fsp3) is 0.692. The first-order chi connectivity index (χ1) is 9.59. The average Bonchev–Trinajstić information content (AvgIpc) is 2.51. The SMILES string of the molecule is C=C[SiH](OCCC)OCCC.C=C[Si](OC)(OC)OC. The minimum absolute atomic E-state index is 0.798. The average molecular weight is 323 g/mol. The van der Waals surface area contributed by atoms with Crippen molar-refractivity contribution in [3.8, 4) is 0 Å². The number of rotatable bonds is 11. The van der Waals surface area contributed by atoms with E-state index in [1.165, 1.54) is 0 Å². The van der Waals surface area contributed by atoms with Gasteiger partial charge in [-0.15, -0.1) is 6.58 Å². The van der Waals surface area contributed by atoms with E-state index in [4.69, 9.17) is 22.1 Å². The van der Waals surface area contributed by atoms with Gasteiger partial charge in [0.2, 0.25) is 0 Å². The highest BCUT2D eigenvalue weighted by molar-refractivity contribution is 6.66. The zero-order valence-electron chi connectivity index (χ0n) is 13.5. The molecule has 7 heteroatoms. The molecule has 0 rings (SSSR count). The van der Waals surface area contributed by atoms with E-state index in [1.54, 1.807) is 27.0 Å². The molecule has 0 saturated heterocycles. The Hall–Kier alpha value is -0.286. The summed E-state index contributed by atoms with van der Waals surface area (Å²) in [7, 11) is 0.716. The van der Waals surface area contributed by atoms with E-state index in [-0.39, 0.29) is 0 Å². The lowest BCUT2D eigenvalue weighted by molar-refractivity contribution is 0.138. The minimum atomic E-state index is -2.43. The molecule has 0 unspecified atom stereocenters. The Labute approximate surface area is 126 Å². The largest absolute Gasteiger partial charge is 0.528 e. The Morgan fingerprint density at radius 1 is 0.900 bits per heavy atom. The third-order valence-electron chi connectivity index (χ3n) is 2.27. The Kier molecular flexibility index (Phi) is 16.6. The predicted molar refractivity (Wildman–Crippen MR) is 86.8 cm³/mol. The first kappa shape index (κ1) is 22.0. The van der Waals surface area contributed by atoms with Crippen LogP contribution in [-0.2, 0) is 22.1 Å². The van der Waals surface area contributed by atoms with Crippen LogP contribution < -0.4 is 0 Å². The molecule has 20 heavy (non-hydrogen) atoms. The Morgan fingerprint density at radius 2 is 1.30 bits per heavy atom. The third-order valence-corrected chi connectivity index (χ3v) is 5.99. The van der Waals surface area contributed by atoms with Crippen molar-refractivity contribution in [1.82, 2.24) is 0 Å². The van der Waals surface area contributed by atoms with Gasteiger partial charge in [-0.3, -0.25) is 0 Å². The smallest absolute Gasteiger partial charge is 0.394 e. The van der Waals surface area contributed by atoms with Crippen molar-refractivity contribution >= 4 is 18.1 Å². The maximum absolute atomic E-state index is 5.44. The summed E-state index contributed by atoms with van der Waals surface area (Å²) in [6.45, 7) is 13.0. The second kappa shape index (κ2) is 15.1. The highest BCUT2D eigenvalue weighted by atomic mass is 28.4. The van der Waals surface area contributed by atoms with Crippen molar-refractivity contribution in [2.24, 2.45) is 0 Å². The van der Waals surface area contributed by atoms with Gasteiger partial charge in [0.25, 0.3) is 0 Å². The molecule has 0 aliphatic rings. The summed E-state index contributed by atoms with van der Waals surface area (Å²) in [6, 6.07) is 0. The van der Waals surface area contributed by atoms with E-state index in [0.717, 1.165) is 26.1 Å². The molecule has 0 fully saturated rings. The van der Waals surface area contributed by atoms with Gasteiger partial charge in [-0.2, -0.15) is 0 Å². The van der Waals surface area contributed by atoms with E-state index in [1.807, 2.05) is 5.70 Å². The third kappa shape index (κ3) is 10.5. The second-order valence-corrected chi connectivity index (χ2v) is 8.48. The molecule has 0 heterocycles. The summed E-state index contributed by atoms with van der Waals surface area (Å²) >= 11 is 0. The molecule has 0 bridgehead atoms. The zero-order chi connectivity index (χ0) is 15.9. The summed E-state index contributed by atoms with van der Waals surface area (Å²) in [5.41, 5.74) is 3.40. The van der Waals surface area contributed by atoms with E-state index in [9.17, 15) is 0 Å². The van der Waals surface area contributed by atoms with Crippen molar-refractivity contribution < 1.29 is 22.1 Å². The van der Waals surface area contributed by atoms with Crippen LogP contribution in [0.2, 0.25) is 0 Å². The molecule has 0 N–H and O–H groups in total. The fourth-order valence-electron chi connectivity index (χ4n) is 1.15. The van der Waals surface area contributed by atoms with Crippen molar-refractivity contribution in [2.75, 3.05) is 34.5 Å². The summed E-state index contributed by atoms with van der Waals surface area (Å²) in [4.78, 5) is 0. The minimum Gasteiger partial charge on any atom is -0.394 e. The molecule has 0 atom stereocenters. The summed E-state index contributed by atoms with van der Waals surface area (Å²) < 4.78 is 25.8. The van der Waals surface area contributed by atoms with Gasteiger partial charge in [0.15, 0.2) is 0 Å². The molecule has 0 aliphatic carbocycles. The van der Waals surface area contributed by atoms with Crippen molar-refractivity contribution in [3.63, 3.8) is 0 Å². The molecule has 0 saturated carbocycles. The van der Waals surface area contributed by atoms with Gasteiger partial charge >= 0.3 is 18.1 Å². The Balaban J connectivity index is 0. The molecule has 0 aromatic heterocycles. The highest BCUT2D eigenvalue weighted by Crippen LogP contribution is 2.05. The lowest BCUT2D eigenvalue weighted by Gasteiger charge is -2.19. The Bertz CT molecular complexity index is 219. The molecule has 0 spiro atoms. The van der Waals surface area contributed by atoms with Crippen molar-refractivity contribution in [1.29, 1.82) is 0 Å². The fourth-order valence-corrected chi connectivity index (χ4v) is 3.46. The van der Waals surface area contributed by atoms with Crippen LogP contribution in [0.4, 0.5) is 0 Å². The number of hydrogen-bond donors (Lipinski definition) is 0. The highest BCUT2D eigenvalue weighted by Gasteiger charge is 2.33. The molecule has 120 valence electrons. The molecular weight excluding hydrogens is 292 g/mol. The van der Waals surface area contributed by atoms with Crippen LogP contribution >= 0.6 is 0 Å². The molecule has 0 aromatic rings. The van der Waals surface area contributed by atoms with E-state index in [2.05, 4.69) is 27.0 Å². The quantitative estimate of drug-likeness (QED) is 0.547. The van der Waals surface area contributed by atoms with Crippen LogP contribution in [0.3, 0.4) is 0 Å². The van der Waals surface area contributed by atoms with Crippen LogP contribution in [-0.4, -0.2) is 52.6 Å². The molecular formula is C13H30O5Si2. The summed E-state index contributed by atoms with van der Waals surface area (Å²) in [6.07, 6.45) is 2.10. The van der Waals surface area contributed by atoms with E-state index in [0.29, 0.717) is 0 Å². The van der Waals surface area contributed by atoms with Gasteiger partial charge in [-0.05, 0) is 18.5 Å². The second-order valence-electron chi connectivity index (χ2n) is 3.77. The lowest BCUT2D eigenvalue weighted by Crippen LogP contribution is -2.40. The summed E-state index contributed by atoms with van der Waals surface area (Å²) in [5.74, 6) is 0. The molecule has 0 amide bonds. The monoisotopic (exact) mass is 322 g/mol. The van der Waals surface area contributed by atoms with Crippen molar-refractivity contribution in [2.45, 2.75) is 26.7 Å². The number of hydrogen-bond acceptors (Lipinski definition) is 5. The maximum Gasteiger partial charge on any atom is 0.528 e. The van der Waals surface area contributed by atoms with Crippen LogP contribution in [0.15, 0.2) is 24.6 Å². The van der Waals surface area contributed by atoms with Crippen LogP contribution in [0, 0.1) is 0 Å². The van der Waals surface area contributed by atoms with Gasteiger partial charge in [0.1, 0.15) is 0 Å². The van der Waals surface area contributed by atoms with Gasteiger partial charge < -0.3 is 22.1 Å². The van der Waals surface area contributed by atoms with Crippen LogP contribution in [0.25, 0.3) is 0 Å². The maximum atomic E-state index is 5.44. The van der Waals surface area contributed by atoms with Crippen LogP contribution in [0.5, 0.6) is 0 Å².